The Kier molecular flexibility index (Phi) is 13.1. The van der Waals surface area contributed by atoms with E-state index in [-0.39, 0.29) is 35.8 Å². The maximum absolute atomic E-state index is 12.0. The molecular weight excluding hydrogens is 493 g/mol. The van der Waals surface area contributed by atoms with Crippen molar-refractivity contribution >= 4 is 41.8 Å². The molecule has 1 saturated heterocycles. The monoisotopic (exact) mass is 529 g/mol. The number of aliphatic imine (C=N–C) groups is 1. The molecule has 1 aromatic rings. The zero-order valence-electron chi connectivity index (χ0n) is 18.2. The molecule has 30 heavy (non-hydrogen) atoms. The summed E-state index contributed by atoms with van der Waals surface area (Å²) >= 11 is 0. The Hall–Kier alpha value is -1.84. The molecule has 0 radical (unpaired) electrons. The first-order chi connectivity index (χ1) is 14.1. The maximum atomic E-state index is 12.0. The van der Waals surface area contributed by atoms with E-state index in [1.807, 2.05) is 36.1 Å². The van der Waals surface area contributed by atoms with E-state index in [2.05, 4.69) is 20.9 Å². The fourth-order valence-corrected chi connectivity index (χ4v) is 3.41. The van der Waals surface area contributed by atoms with E-state index in [0.717, 1.165) is 69.8 Å². The average Bonchev–Trinajstić information content (AvgIpc) is 2.94. The number of benzene rings is 1. The second-order valence-corrected chi connectivity index (χ2v) is 7.26. The molecule has 1 aliphatic heterocycles. The number of nitrogens with zero attached hydrogens (tertiary/aromatic N) is 2. The lowest BCUT2D eigenvalue weighted by Gasteiger charge is -2.20. The lowest BCUT2D eigenvalue weighted by Crippen LogP contribution is -2.38. The first-order valence-electron chi connectivity index (χ1n) is 10.7. The summed E-state index contributed by atoms with van der Waals surface area (Å²) in [7, 11) is 1.64. The number of amides is 2. The van der Waals surface area contributed by atoms with Gasteiger partial charge >= 0.3 is 0 Å². The molecule has 7 nitrogen and oxygen atoms in total. The summed E-state index contributed by atoms with van der Waals surface area (Å²) in [6.07, 6.45) is 5.65. The normalized spacial score (nSPS) is 14.5. The van der Waals surface area contributed by atoms with Gasteiger partial charge < -0.3 is 20.9 Å². The van der Waals surface area contributed by atoms with Gasteiger partial charge in [0.2, 0.25) is 5.91 Å². The second kappa shape index (κ2) is 15.0. The van der Waals surface area contributed by atoms with E-state index < -0.39 is 0 Å². The highest BCUT2D eigenvalue weighted by Crippen LogP contribution is 2.11. The van der Waals surface area contributed by atoms with Crippen molar-refractivity contribution in [2.45, 2.75) is 45.4 Å². The summed E-state index contributed by atoms with van der Waals surface area (Å²) < 4.78 is 0. The molecule has 8 heteroatoms. The van der Waals surface area contributed by atoms with Gasteiger partial charge in [0.15, 0.2) is 5.96 Å². The van der Waals surface area contributed by atoms with Crippen LogP contribution in [0.4, 0.5) is 0 Å². The minimum absolute atomic E-state index is 0. The van der Waals surface area contributed by atoms with E-state index >= 15 is 0 Å². The van der Waals surface area contributed by atoms with Gasteiger partial charge in [-0.25, -0.2) is 0 Å². The fourth-order valence-electron chi connectivity index (χ4n) is 3.41. The van der Waals surface area contributed by atoms with Gasteiger partial charge in [-0.2, -0.15) is 0 Å². The third kappa shape index (κ3) is 9.32. The van der Waals surface area contributed by atoms with E-state index in [9.17, 15) is 9.59 Å². The molecule has 1 fully saturated rings. The Bertz CT molecular complexity index is 696. The Morgan fingerprint density at radius 2 is 2.03 bits per heavy atom. The van der Waals surface area contributed by atoms with E-state index in [1.54, 1.807) is 7.05 Å². The molecule has 0 spiro atoms. The standard InChI is InChI=1S/C22H35N5O2.HI/c1-3-24-22(25-13-8-16-27-15-6-4-5-11-20(27)28)26-14-12-18-9-7-10-19(17-18)21(29)23-2;/h7,9-10,17H,3-6,8,11-16H2,1-2H3,(H,23,29)(H2,24,25,26);1H. The molecule has 0 aromatic heterocycles. The predicted octanol–water partition coefficient (Wildman–Crippen LogP) is 2.55. The zero-order valence-corrected chi connectivity index (χ0v) is 20.5. The quantitative estimate of drug-likeness (QED) is 0.199. The highest BCUT2D eigenvalue weighted by molar-refractivity contribution is 14.0. The van der Waals surface area contributed by atoms with Crippen LogP contribution in [0.25, 0.3) is 0 Å². The van der Waals surface area contributed by atoms with Gasteiger partial charge in [-0.05, 0) is 50.3 Å². The van der Waals surface area contributed by atoms with Gasteiger partial charge in [-0.1, -0.05) is 18.6 Å². The predicted molar refractivity (Wildman–Crippen MR) is 133 cm³/mol. The van der Waals surface area contributed by atoms with Crippen LogP contribution in [0.5, 0.6) is 0 Å². The third-order valence-electron chi connectivity index (χ3n) is 4.99. The van der Waals surface area contributed by atoms with Crippen molar-refractivity contribution in [3.05, 3.63) is 35.4 Å². The average molecular weight is 529 g/mol. The number of likely N-dealkylation sites (tertiary alicyclic amines) is 1. The number of hydrogen-bond acceptors (Lipinski definition) is 3. The smallest absolute Gasteiger partial charge is 0.251 e. The van der Waals surface area contributed by atoms with E-state index in [4.69, 9.17) is 0 Å². The highest BCUT2D eigenvalue weighted by atomic mass is 127. The summed E-state index contributed by atoms with van der Waals surface area (Å²) in [6.45, 7) is 5.92. The number of halogens is 1. The molecule has 1 heterocycles. The van der Waals surface area contributed by atoms with Crippen molar-refractivity contribution in [1.82, 2.24) is 20.9 Å². The van der Waals surface area contributed by atoms with Crippen molar-refractivity contribution in [3.63, 3.8) is 0 Å². The number of nitrogens with one attached hydrogen (secondary N) is 3. The van der Waals surface area contributed by atoms with E-state index in [1.165, 1.54) is 0 Å². The summed E-state index contributed by atoms with van der Waals surface area (Å²) in [5.74, 6) is 1.00. The third-order valence-corrected chi connectivity index (χ3v) is 4.99. The Labute approximate surface area is 197 Å². The summed E-state index contributed by atoms with van der Waals surface area (Å²) in [6, 6.07) is 7.67. The molecule has 2 amide bonds. The summed E-state index contributed by atoms with van der Waals surface area (Å²) in [5, 5.41) is 9.26. The largest absolute Gasteiger partial charge is 0.357 e. The van der Waals surface area contributed by atoms with Crippen LogP contribution in [0.3, 0.4) is 0 Å². The molecule has 1 aliphatic rings. The summed E-state index contributed by atoms with van der Waals surface area (Å²) in [5.41, 5.74) is 1.78. The van der Waals surface area contributed by atoms with Crippen LogP contribution >= 0.6 is 24.0 Å². The Morgan fingerprint density at radius 3 is 2.80 bits per heavy atom. The number of guanidine groups is 1. The van der Waals surface area contributed by atoms with Gasteiger partial charge in [-0.3, -0.25) is 14.6 Å². The van der Waals surface area contributed by atoms with Crippen LogP contribution < -0.4 is 16.0 Å². The van der Waals surface area contributed by atoms with Crippen LogP contribution in [-0.2, 0) is 11.2 Å². The van der Waals surface area contributed by atoms with Gasteiger partial charge in [0.1, 0.15) is 0 Å². The van der Waals surface area contributed by atoms with Gasteiger partial charge in [0.05, 0.1) is 0 Å². The first-order valence-corrected chi connectivity index (χ1v) is 10.7. The highest BCUT2D eigenvalue weighted by Gasteiger charge is 2.15. The molecule has 3 N–H and O–H groups in total. The molecular formula is C22H36IN5O2. The minimum atomic E-state index is -0.0717. The van der Waals surface area contributed by atoms with Crippen molar-refractivity contribution < 1.29 is 9.59 Å². The molecule has 0 bridgehead atoms. The molecule has 168 valence electrons. The van der Waals surface area contributed by atoms with Crippen molar-refractivity contribution in [1.29, 1.82) is 0 Å². The van der Waals surface area contributed by atoms with E-state index in [0.29, 0.717) is 18.5 Å². The SMILES string of the molecule is CCNC(=NCCCN1CCCCCC1=O)NCCc1cccc(C(=O)NC)c1.I. The number of hydrogen-bond donors (Lipinski definition) is 3. The van der Waals surface area contributed by atoms with Crippen LogP contribution in [0, 0.1) is 0 Å². The molecule has 0 aliphatic carbocycles. The second-order valence-electron chi connectivity index (χ2n) is 7.26. The maximum Gasteiger partial charge on any atom is 0.251 e. The van der Waals surface area contributed by atoms with Crippen LogP contribution in [0.1, 0.15) is 54.9 Å². The van der Waals surface area contributed by atoms with Crippen LogP contribution in [-0.4, -0.2) is 62.4 Å². The Balaban J connectivity index is 0.00000450. The van der Waals surface area contributed by atoms with Gasteiger partial charge in [-0.15, -0.1) is 24.0 Å². The number of rotatable bonds is 9. The minimum Gasteiger partial charge on any atom is -0.357 e. The summed E-state index contributed by atoms with van der Waals surface area (Å²) in [4.78, 5) is 30.4. The fraction of sp³-hybridized carbons (Fsp3) is 0.591. The molecule has 0 unspecified atom stereocenters. The lowest BCUT2D eigenvalue weighted by molar-refractivity contribution is -0.130. The van der Waals surface area contributed by atoms with Gasteiger partial charge in [0.25, 0.3) is 5.91 Å². The van der Waals surface area contributed by atoms with Crippen LogP contribution in [0.15, 0.2) is 29.3 Å². The van der Waals surface area contributed by atoms with Crippen LogP contribution in [0.2, 0.25) is 0 Å². The molecule has 2 rings (SSSR count). The zero-order chi connectivity index (χ0) is 20.9. The topological polar surface area (TPSA) is 85.8 Å². The van der Waals surface area contributed by atoms with Crippen molar-refractivity contribution in [3.8, 4) is 0 Å². The molecule has 0 atom stereocenters. The number of carbonyl (C=O) groups is 2. The number of carbonyl (C=O) groups excluding carboxylic acids is 2. The Morgan fingerprint density at radius 1 is 1.20 bits per heavy atom. The lowest BCUT2D eigenvalue weighted by atomic mass is 10.1. The van der Waals surface area contributed by atoms with Crippen molar-refractivity contribution in [2.24, 2.45) is 4.99 Å². The first kappa shape index (κ1) is 26.2. The van der Waals surface area contributed by atoms with Gasteiger partial charge in [0, 0.05) is 51.8 Å². The van der Waals surface area contributed by atoms with Crippen molar-refractivity contribution in [2.75, 3.05) is 39.8 Å². The molecule has 1 aromatic carbocycles. The molecule has 0 saturated carbocycles.